The maximum atomic E-state index is 4.76. The van der Waals surface area contributed by atoms with Gasteiger partial charge in [0.15, 0.2) is 11.0 Å². The van der Waals surface area contributed by atoms with Crippen LogP contribution in [0.25, 0.3) is 38.5 Å². The van der Waals surface area contributed by atoms with Gasteiger partial charge in [-0.05, 0) is 61.7 Å². The molecule has 0 radical (unpaired) electrons. The maximum Gasteiger partial charge on any atom is 0.297 e. The molecule has 3 heteroatoms. The number of imidazole rings is 1. The van der Waals surface area contributed by atoms with Crippen molar-refractivity contribution in [1.82, 2.24) is 9.55 Å². The van der Waals surface area contributed by atoms with Gasteiger partial charge in [0.2, 0.25) is 0 Å². The number of benzene rings is 2. The number of fused-ring (bicyclic) bond motifs is 8. The smallest absolute Gasteiger partial charge is 0.255 e. The first kappa shape index (κ1) is 14.4. The minimum absolute atomic E-state index is 1.08. The van der Waals surface area contributed by atoms with Crippen molar-refractivity contribution in [3.8, 4) is 0 Å². The van der Waals surface area contributed by atoms with E-state index in [-0.39, 0.29) is 0 Å². The van der Waals surface area contributed by atoms with Crippen LogP contribution in [0.2, 0.25) is 0 Å². The van der Waals surface area contributed by atoms with Gasteiger partial charge in [0, 0.05) is 11.6 Å². The van der Waals surface area contributed by atoms with Crippen LogP contribution in [-0.2, 0) is 7.05 Å². The Kier molecular flexibility index (Phi) is 2.76. The number of rotatable bonds is 0. The number of pyridine rings is 2. The molecule has 2 aromatic carbocycles. The molecule has 122 valence electrons. The van der Waals surface area contributed by atoms with Crippen molar-refractivity contribution in [2.24, 2.45) is 7.05 Å². The summed E-state index contributed by atoms with van der Waals surface area (Å²) < 4.78 is 4.72. The van der Waals surface area contributed by atoms with Gasteiger partial charge in [-0.1, -0.05) is 18.2 Å². The van der Waals surface area contributed by atoms with E-state index in [1.807, 2.05) is 6.20 Å². The van der Waals surface area contributed by atoms with Crippen LogP contribution < -0.4 is 4.40 Å². The maximum absolute atomic E-state index is 4.76. The molecule has 0 amide bonds. The lowest BCUT2D eigenvalue weighted by Crippen LogP contribution is -2.24. The Morgan fingerprint density at radius 2 is 1.80 bits per heavy atom. The SMILES string of the molecule is Cc1ccc2c(c1)n(C)c1c3c(C)ccnc3c3cccc(C)c3[n+]21. The Morgan fingerprint density at radius 1 is 0.960 bits per heavy atom. The highest BCUT2D eigenvalue weighted by Gasteiger charge is 2.25. The second-order valence-electron chi connectivity index (χ2n) is 7.03. The number of hydrogen-bond donors (Lipinski definition) is 0. The molecular weight excluding hydrogens is 306 g/mol. The minimum Gasteiger partial charge on any atom is -0.255 e. The predicted molar refractivity (Wildman–Crippen MR) is 103 cm³/mol. The summed E-state index contributed by atoms with van der Waals surface area (Å²) in [7, 11) is 2.16. The van der Waals surface area contributed by atoms with Gasteiger partial charge in [-0.3, -0.25) is 4.98 Å². The Balaban J connectivity index is 2.29. The van der Waals surface area contributed by atoms with Crippen molar-refractivity contribution in [2.45, 2.75) is 20.8 Å². The zero-order valence-corrected chi connectivity index (χ0v) is 15.0. The molecule has 0 aliphatic heterocycles. The van der Waals surface area contributed by atoms with Gasteiger partial charge in [-0.2, -0.15) is 4.40 Å². The van der Waals surface area contributed by atoms with E-state index in [1.165, 1.54) is 49.7 Å². The van der Waals surface area contributed by atoms with Crippen LogP contribution in [0, 0.1) is 20.8 Å². The molecule has 3 aromatic heterocycles. The largest absolute Gasteiger partial charge is 0.297 e. The van der Waals surface area contributed by atoms with Gasteiger partial charge in [0.05, 0.1) is 18.0 Å². The highest BCUT2D eigenvalue weighted by molar-refractivity contribution is 6.09. The van der Waals surface area contributed by atoms with Crippen molar-refractivity contribution in [1.29, 1.82) is 0 Å². The van der Waals surface area contributed by atoms with E-state index in [4.69, 9.17) is 4.98 Å². The molecule has 3 nitrogen and oxygen atoms in total. The van der Waals surface area contributed by atoms with Gasteiger partial charge in [0.25, 0.3) is 5.65 Å². The Morgan fingerprint density at radius 3 is 2.64 bits per heavy atom. The molecular formula is C22H20N3+. The van der Waals surface area contributed by atoms with E-state index in [0.29, 0.717) is 0 Å². The molecule has 0 N–H and O–H groups in total. The third kappa shape index (κ3) is 1.75. The summed E-state index contributed by atoms with van der Waals surface area (Å²) in [5.74, 6) is 0. The molecule has 5 aromatic rings. The molecule has 0 spiro atoms. The fourth-order valence-corrected chi connectivity index (χ4v) is 4.17. The molecule has 0 saturated heterocycles. The molecule has 0 unspecified atom stereocenters. The Hall–Kier alpha value is -2.94. The summed E-state index contributed by atoms with van der Waals surface area (Å²) in [6, 6.07) is 15.3. The minimum atomic E-state index is 1.08. The van der Waals surface area contributed by atoms with Crippen molar-refractivity contribution in [2.75, 3.05) is 0 Å². The second kappa shape index (κ2) is 4.79. The lowest BCUT2D eigenvalue weighted by molar-refractivity contribution is -0.449. The third-order valence-electron chi connectivity index (χ3n) is 5.36. The number of aryl methyl sites for hydroxylation is 4. The summed E-state index contributed by atoms with van der Waals surface area (Å²) in [6.07, 6.45) is 1.92. The van der Waals surface area contributed by atoms with Gasteiger partial charge in [-0.15, -0.1) is 0 Å². The van der Waals surface area contributed by atoms with Crippen molar-refractivity contribution >= 4 is 38.5 Å². The number of hydrogen-bond acceptors (Lipinski definition) is 1. The zero-order valence-electron chi connectivity index (χ0n) is 15.0. The molecule has 0 bridgehead atoms. The molecule has 0 atom stereocenters. The Bertz CT molecular complexity index is 1330. The van der Waals surface area contributed by atoms with Gasteiger partial charge in [0.1, 0.15) is 5.52 Å². The van der Waals surface area contributed by atoms with E-state index in [9.17, 15) is 0 Å². The highest BCUT2D eigenvalue weighted by atomic mass is 15.1. The van der Waals surface area contributed by atoms with Gasteiger partial charge in [-0.25, -0.2) is 4.57 Å². The van der Waals surface area contributed by atoms with Crippen LogP contribution in [-0.4, -0.2) is 9.55 Å². The number of aromatic nitrogens is 3. The average molecular weight is 326 g/mol. The van der Waals surface area contributed by atoms with Crippen LogP contribution >= 0.6 is 0 Å². The molecule has 0 aliphatic carbocycles. The summed E-state index contributed by atoms with van der Waals surface area (Å²) in [5, 5.41) is 2.45. The summed E-state index contributed by atoms with van der Waals surface area (Å²) >= 11 is 0. The average Bonchev–Trinajstić information content (AvgIpc) is 2.88. The van der Waals surface area contributed by atoms with Gasteiger partial charge >= 0.3 is 0 Å². The summed E-state index contributed by atoms with van der Waals surface area (Å²) in [5.41, 5.74) is 9.84. The molecule has 3 heterocycles. The quantitative estimate of drug-likeness (QED) is 0.302. The fourth-order valence-electron chi connectivity index (χ4n) is 4.17. The summed E-state index contributed by atoms with van der Waals surface area (Å²) in [6.45, 7) is 6.51. The van der Waals surface area contributed by atoms with Crippen LogP contribution in [0.15, 0.2) is 48.7 Å². The Labute approximate surface area is 146 Å². The van der Waals surface area contributed by atoms with Crippen LogP contribution in [0.3, 0.4) is 0 Å². The fraction of sp³-hybridized carbons (Fsp3) is 0.182. The van der Waals surface area contributed by atoms with Crippen LogP contribution in [0.1, 0.15) is 16.7 Å². The molecule has 5 rings (SSSR count). The lowest BCUT2D eigenvalue weighted by Gasteiger charge is -2.07. The van der Waals surface area contributed by atoms with Crippen LogP contribution in [0.5, 0.6) is 0 Å². The molecule has 0 aliphatic rings. The lowest BCUT2D eigenvalue weighted by atomic mass is 10.0. The van der Waals surface area contributed by atoms with Gasteiger partial charge < -0.3 is 0 Å². The molecule has 0 saturated carbocycles. The van der Waals surface area contributed by atoms with Crippen molar-refractivity contribution in [3.05, 3.63) is 65.4 Å². The topological polar surface area (TPSA) is 21.9 Å². The number of para-hydroxylation sites is 1. The van der Waals surface area contributed by atoms with Crippen molar-refractivity contribution in [3.63, 3.8) is 0 Å². The van der Waals surface area contributed by atoms with Crippen LogP contribution in [0.4, 0.5) is 0 Å². The standard InChI is InChI=1S/C22H20N3/c1-13-8-9-17-18(12-13)24(4)22-19-14(2)10-11-23-20(19)16-7-5-6-15(3)21(16)25(17)22/h5-12H,1-4H3/q+1. The normalized spacial score (nSPS) is 12.0. The monoisotopic (exact) mass is 326 g/mol. The second-order valence-corrected chi connectivity index (χ2v) is 7.03. The molecule has 0 fully saturated rings. The zero-order chi connectivity index (χ0) is 17.3. The van der Waals surface area contributed by atoms with Crippen molar-refractivity contribution < 1.29 is 4.40 Å². The third-order valence-corrected chi connectivity index (χ3v) is 5.36. The van der Waals surface area contributed by atoms with E-state index in [1.54, 1.807) is 0 Å². The first-order valence-electron chi connectivity index (χ1n) is 8.65. The van der Waals surface area contributed by atoms with E-state index in [0.717, 1.165) is 5.52 Å². The van der Waals surface area contributed by atoms with E-state index >= 15 is 0 Å². The van der Waals surface area contributed by atoms with E-state index in [2.05, 4.69) is 79.3 Å². The first-order valence-corrected chi connectivity index (χ1v) is 8.65. The molecule has 25 heavy (non-hydrogen) atoms. The van der Waals surface area contributed by atoms with E-state index < -0.39 is 0 Å². The highest BCUT2D eigenvalue weighted by Crippen LogP contribution is 2.31. The summed E-state index contributed by atoms with van der Waals surface area (Å²) in [4.78, 5) is 4.76. The first-order chi connectivity index (χ1) is 12.1. The number of nitrogens with zero attached hydrogens (tertiary/aromatic N) is 3. The predicted octanol–water partition coefficient (Wildman–Crippen LogP) is 4.54.